The number of hydrogen-bond donors (Lipinski definition) is 1. The molecule has 1 amide bonds. The van der Waals surface area contributed by atoms with Crippen molar-refractivity contribution in [2.24, 2.45) is 10.8 Å². The Hall–Kier alpha value is -3.51. The second-order valence-electron chi connectivity index (χ2n) is 7.46. The number of carbonyl (C=O) groups is 1. The Bertz CT molecular complexity index is 1550. The predicted octanol–water partition coefficient (Wildman–Crippen LogP) is 5.35. The number of carbonyl (C=O) groups excluding carboxylic acids is 1. The lowest BCUT2D eigenvalue weighted by molar-refractivity contribution is -0.137. The number of rotatable bonds is 6. The molecule has 0 atom stereocenters. The SMILES string of the molecule is NC(=O)COc1c(Br)cc(C=Nn2c(-c3cccc(C(F)(F)F)c3)nc3ccccc3c2=O)cc1Br. The van der Waals surface area contributed by atoms with E-state index in [1.54, 1.807) is 36.4 Å². The van der Waals surface area contributed by atoms with E-state index < -0.39 is 23.2 Å². The van der Waals surface area contributed by atoms with Gasteiger partial charge in [0, 0.05) is 5.56 Å². The summed E-state index contributed by atoms with van der Waals surface area (Å²) in [7, 11) is 0. The van der Waals surface area contributed by atoms with E-state index in [2.05, 4.69) is 41.9 Å². The fraction of sp³-hybridized carbons (Fsp3) is 0.0833. The van der Waals surface area contributed by atoms with Crippen LogP contribution in [0.15, 0.2) is 79.5 Å². The molecule has 0 spiro atoms. The van der Waals surface area contributed by atoms with Gasteiger partial charge in [-0.2, -0.15) is 22.9 Å². The number of fused-ring (bicyclic) bond motifs is 1. The molecule has 0 aliphatic rings. The Morgan fingerprint density at radius 3 is 2.44 bits per heavy atom. The molecule has 0 saturated heterocycles. The predicted molar refractivity (Wildman–Crippen MR) is 136 cm³/mol. The summed E-state index contributed by atoms with van der Waals surface area (Å²) in [5.41, 5.74) is 4.59. The molecule has 4 rings (SSSR count). The van der Waals surface area contributed by atoms with Crippen molar-refractivity contribution in [3.05, 3.63) is 91.1 Å². The fourth-order valence-corrected chi connectivity index (χ4v) is 4.76. The van der Waals surface area contributed by atoms with E-state index in [1.807, 2.05) is 0 Å². The van der Waals surface area contributed by atoms with E-state index in [4.69, 9.17) is 10.5 Å². The molecule has 7 nitrogen and oxygen atoms in total. The minimum absolute atomic E-state index is 0.0550. The molecule has 0 radical (unpaired) electrons. The highest BCUT2D eigenvalue weighted by atomic mass is 79.9. The second-order valence-corrected chi connectivity index (χ2v) is 9.17. The molecule has 2 N–H and O–H groups in total. The van der Waals surface area contributed by atoms with Gasteiger partial charge in [-0.15, -0.1) is 0 Å². The summed E-state index contributed by atoms with van der Waals surface area (Å²) in [6, 6.07) is 14.3. The Labute approximate surface area is 218 Å². The molecule has 4 aromatic rings. The summed E-state index contributed by atoms with van der Waals surface area (Å²) in [5, 5.41) is 4.51. The van der Waals surface area contributed by atoms with E-state index in [9.17, 15) is 22.8 Å². The lowest BCUT2D eigenvalue weighted by Crippen LogP contribution is -2.20. The molecule has 0 unspecified atom stereocenters. The summed E-state index contributed by atoms with van der Waals surface area (Å²) in [6.45, 7) is -0.330. The standard InChI is InChI=1S/C24H15Br2F3N4O3/c25-17-8-13(9-18(26)21(17)36-12-20(30)34)11-31-33-22(14-4-3-5-15(10-14)24(27,28)29)32-19-7-2-1-6-16(19)23(33)35/h1-11H,12H2,(H2,30,34). The summed E-state index contributed by atoms with van der Waals surface area (Å²) >= 11 is 6.69. The fourth-order valence-electron chi connectivity index (χ4n) is 3.31. The molecule has 0 aliphatic carbocycles. The number of para-hydroxylation sites is 1. The smallest absolute Gasteiger partial charge is 0.416 e. The van der Waals surface area contributed by atoms with Gasteiger partial charge in [0.15, 0.2) is 12.4 Å². The third-order valence-electron chi connectivity index (χ3n) is 4.90. The topological polar surface area (TPSA) is 99.6 Å². The van der Waals surface area contributed by atoms with Crippen LogP contribution in [0.1, 0.15) is 11.1 Å². The van der Waals surface area contributed by atoms with E-state index >= 15 is 0 Å². The first-order valence-corrected chi connectivity index (χ1v) is 11.8. The summed E-state index contributed by atoms with van der Waals surface area (Å²) in [5.74, 6) is -0.370. The number of nitrogens with zero attached hydrogens (tertiary/aromatic N) is 3. The number of amides is 1. The van der Waals surface area contributed by atoms with Crippen LogP contribution in [0.4, 0.5) is 13.2 Å². The van der Waals surface area contributed by atoms with E-state index in [0.29, 0.717) is 25.8 Å². The number of ether oxygens (including phenoxy) is 1. The van der Waals surface area contributed by atoms with E-state index in [1.165, 1.54) is 18.3 Å². The van der Waals surface area contributed by atoms with Gasteiger partial charge in [-0.1, -0.05) is 24.3 Å². The van der Waals surface area contributed by atoms with E-state index in [-0.39, 0.29) is 23.4 Å². The van der Waals surface area contributed by atoms with Crippen LogP contribution >= 0.6 is 31.9 Å². The molecule has 0 aliphatic heterocycles. The monoisotopic (exact) mass is 622 g/mol. The molecular weight excluding hydrogens is 609 g/mol. The van der Waals surface area contributed by atoms with Gasteiger partial charge in [-0.25, -0.2) is 4.98 Å². The van der Waals surface area contributed by atoms with Gasteiger partial charge >= 0.3 is 6.18 Å². The zero-order valence-electron chi connectivity index (χ0n) is 18.1. The summed E-state index contributed by atoms with van der Waals surface area (Å²) < 4.78 is 47.3. The van der Waals surface area contributed by atoms with Gasteiger partial charge in [-0.3, -0.25) is 9.59 Å². The van der Waals surface area contributed by atoms with Gasteiger partial charge in [-0.05, 0) is 73.8 Å². The van der Waals surface area contributed by atoms with Crippen LogP contribution in [0.2, 0.25) is 0 Å². The number of benzene rings is 3. The molecule has 36 heavy (non-hydrogen) atoms. The molecule has 3 aromatic carbocycles. The highest BCUT2D eigenvalue weighted by Gasteiger charge is 2.31. The van der Waals surface area contributed by atoms with Crippen molar-refractivity contribution < 1.29 is 22.7 Å². The number of aromatic nitrogens is 2. The first-order valence-electron chi connectivity index (χ1n) is 10.2. The molecule has 184 valence electrons. The minimum atomic E-state index is -4.57. The second kappa shape index (κ2) is 10.2. The zero-order chi connectivity index (χ0) is 26.0. The quantitative estimate of drug-likeness (QED) is 0.293. The molecule has 1 heterocycles. The highest BCUT2D eigenvalue weighted by Crippen LogP contribution is 2.35. The molecule has 0 fully saturated rings. The van der Waals surface area contributed by atoms with Crippen molar-refractivity contribution in [1.29, 1.82) is 0 Å². The third kappa shape index (κ3) is 5.49. The van der Waals surface area contributed by atoms with Crippen LogP contribution in [0.25, 0.3) is 22.3 Å². The van der Waals surface area contributed by atoms with Gasteiger partial charge in [0.2, 0.25) is 0 Å². The third-order valence-corrected chi connectivity index (χ3v) is 6.08. The lowest BCUT2D eigenvalue weighted by Gasteiger charge is -2.12. The van der Waals surface area contributed by atoms with Gasteiger partial charge in [0.1, 0.15) is 5.75 Å². The van der Waals surface area contributed by atoms with E-state index in [0.717, 1.165) is 16.8 Å². The van der Waals surface area contributed by atoms with Crippen molar-refractivity contribution in [2.45, 2.75) is 6.18 Å². The van der Waals surface area contributed by atoms with Crippen molar-refractivity contribution in [3.63, 3.8) is 0 Å². The Morgan fingerprint density at radius 1 is 1.08 bits per heavy atom. The highest BCUT2D eigenvalue weighted by molar-refractivity contribution is 9.11. The first kappa shape index (κ1) is 25.6. The van der Waals surface area contributed by atoms with Gasteiger partial charge in [0.05, 0.1) is 31.6 Å². The molecular formula is C24H15Br2F3N4O3. The average Bonchev–Trinajstić information content (AvgIpc) is 2.82. The maximum atomic E-state index is 13.3. The van der Waals surface area contributed by atoms with Crippen LogP contribution in [-0.2, 0) is 11.0 Å². The zero-order valence-corrected chi connectivity index (χ0v) is 21.3. The molecule has 0 saturated carbocycles. The van der Waals surface area contributed by atoms with Crippen LogP contribution < -0.4 is 16.0 Å². The number of alkyl halides is 3. The molecule has 0 bridgehead atoms. The van der Waals surface area contributed by atoms with Gasteiger partial charge in [0.25, 0.3) is 11.5 Å². The van der Waals surface area contributed by atoms with Crippen molar-refractivity contribution in [2.75, 3.05) is 6.61 Å². The largest absolute Gasteiger partial charge is 0.481 e. The number of halogens is 5. The van der Waals surface area contributed by atoms with Crippen LogP contribution in [-0.4, -0.2) is 28.4 Å². The lowest BCUT2D eigenvalue weighted by atomic mass is 10.1. The number of nitrogens with two attached hydrogens (primary N) is 1. The minimum Gasteiger partial charge on any atom is -0.481 e. The Balaban J connectivity index is 1.84. The Kier molecular flexibility index (Phi) is 7.27. The number of primary amides is 1. The van der Waals surface area contributed by atoms with Crippen molar-refractivity contribution >= 4 is 54.9 Å². The van der Waals surface area contributed by atoms with Crippen molar-refractivity contribution in [1.82, 2.24) is 9.66 Å². The number of hydrogen-bond acceptors (Lipinski definition) is 5. The summed E-state index contributed by atoms with van der Waals surface area (Å²) in [6.07, 6.45) is -3.22. The van der Waals surface area contributed by atoms with Crippen LogP contribution in [0.3, 0.4) is 0 Å². The maximum Gasteiger partial charge on any atom is 0.416 e. The maximum absolute atomic E-state index is 13.3. The summed E-state index contributed by atoms with van der Waals surface area (Å²) in [4.78, 5) is 28.7. The first-order chi connectivity index (χ1) is 17.0. The van der Waals surface area contributed by atoms with Crippen LogP contribution in [0, 0.1) is 0 Å². The van der Waals surface area contributed by atoms with Gasteiger partial charge < -0.3 is 10.5 Å². The molecule has 12 heteroatoms. The van der Waals surface area contributed by atoms with Crippen LogP contribution in [0.5, 0.6) is 5.75 Å². The Morgan fingerprint density at radius 2 is 1.78 bits per heavy atom. The van der Waals surface area contributed by atoms with Crippen molar-refractivity contribution in [3.8, 4) is 17.1 Å². The average molecular weight is 624 g/mol. The molecule has 1 aromatic heterocycles. The normalized spacial score (nSPS) is 11.8.